The predicted molar refractivity (Wildman–Crippen MR) is 77.3 cm³/mol. The molecule has 0 N–H and O–H groups in total. The van der Waals surface area contributed by atoms with E-state index in [-0.39, 0.29) is 0 Å². The number of benzene rings is 2. The lowest BCUT2D eigenvalue weighted by Gasteiger charge is -2.07. The second kappa shape index (κ2) is 4.83. The molecule has 88 valence electrons. The van der Waals surface area contributed by atoms with Crippen LogP contribution in [0.15, 0.2) is 75.8 Å². The molecule has 1 aromatic heterocycles. The highest BCUT2D eigenvalue weighted by Crippen LogP contribution is 2.32. The van der Waals surface area contributed by atoms with Gasteiger partial charge in [-0.15, -0.1) is 0 Å². The summed E-state index contributed by atoms with van der Waals surface area (Å²) >= 11 is 3.46. The van der Waals surface area contributed by atoms with E-state index in [9.17, 15) is 0 Å². The summed E-state index contributed by atoms with van der Waals surface area (Å²) in [6, 6.07) is 20.5. The molecular formula is C16H11BrO. The van der Waals surface area contributed by atoms with E-state index in [1.807, 2.05) is 36.4 Å². The Balaban J connectivity index is 2.15. The third-order valence-electron chi connectivity index (χ3n) is 2.87. The molecule has 0 amide bonds. The Morgan fingerprint density at radius 3 is 2.11 bits per heavy atom. The number of rotatable bonds is 2. The molecule has 18 heavy (non-hydrogen) atoms. The normalized spacial score (nSPS) is 10.5. The standard InChI is InChI=1S/C16H11BrO/c17-13-9-7-12(8-10-13)14-4-1-2-5-15(14)16-6-3-11-18-16/h1-11H. The highest BCUT2D eigenvalue weighted by Gasteiger charge is 2.08. The van der Waals surface area contributed by atoms with Crippen LogP contribution in [0.3, 0.4) is 0 Å². The highest BCUT2D eigenvalue weighted by atomic mass is 79.9. The number of hydrogen-bond acceptors (Lipinski definition) is 1. The maximum Gasteiger partial charge on any atom is 0.134 e. The lowest BCUT2D eigenvalue weighted by molar-refractivity contribution is 0.582. The molecule has 0 bridgehead atoms. The van der Waals surface area contributed by atoms with Crippen LogP contribution in [-0.2, 0) is 0 Å². The van der Waals surface area contributed by atoms with Gasteiger partial charge < -0.3 is 4.42 Å². The third-order valence-corrected chi connectivity index (χ3v) is 3.40. The summed E-state index contributed by atoms with van der Waals surface area (Å²) in [5.41, 5.74) is 3.48. The van der Waals surface area contributed by atoms with Crippen molar-refractivity contribution in [3.8, 4) is 22.5 Å². The molecule has 0 fully saturated rings. The number of hydrogen-bond donors (Lipinski definition) is 0. The molecule has 3 aromatic rings. The van der Waals surface area contributed by atoms with Crippen molar-refractivity contribution in [2.75, 3.05) is 0 Å². The first-order chi connectivity index (χ1) is 8.84. The molecule has 2 heteroatoms. The minimum Gasteiger partial charge on any atom is -0.464 e. The Labute approximate surface area is 114 Å². The third kappa shape index (κ3) is 2.12. The van der Waals surface area contributed by atoms with Gasteiger partial charge in [0.05, 0.1) is 6.26 Å². The van der Waals surface area contributed by atoms with Crippen molar-refractivity contribution in [2.24, 2.45) is 0 Å². The van der Waals surface area contributed by atoms with Gasteiger partial charge in [-0.1, -0.05) is 52.3 Å². The maximum atomic E-state index is 5.50. The monoisotopic (exact) mass is 298 g/mol. The van der Waals surface area contributed by atoms with Crippen molar-refractivity contribution in [3.63, 3.8) is 0 Å². The molecule has 0 aliphatic heterocycles. The summed E-state index contributed by atoms with van der Waals surface area (Å²) in [7, 11) is 0. The lowest BCUT2D eigenvalue weighted by Crippen LogP contribution is -1.82. The van der Waals surface area contributed by atoms with Crippen molar-refractivity contribution in [3.05, 3.63) is 71.4 Å². The van der Waals surface area contributed by atoms with E-state index in [2.05, 4.69) is 40.2 Å². The molecule has 0 atom stereocenters. The topological polar surface area (TPSA) is 13.1 Å². The van der Waals surface area contributed by atoms with Crippen molar-refractivity contribution in [2.45, 2.75) is 0 Å². The van der Waals surface area contributed by atoms with E-state index in [1.54, 1.807) is 6.26 Å². The van der Waals surface area contributed by atoms with Gasteiger partial charge in [0.15, 0.2) is 0 Å². The zero-order valence-corrected chi connectivity index (χ0v) is 11.2. The van der Waals surface area contributed by atoms with Crippen molar-refractivity contribution < 1.29 is 4.42 Å². The number of halogens is 1. The van der Waals surface area contributed by atoms with Crippen LogP contribution in [0.25, 0.3) is 22.5 Å². The van der Waals surface area contributed by atoms with Gasteiger partial charge in [-0.3, -0.25) is 0 Å². The molecule has 0 spiro atoms. The minimum absolute atomic E-state index is 0.897. The average Bonchev–Trinajstić information content (AvgIpc) is 2.93. The van der Waals surface area contributed by atoms with E-state index < -0.39 is 0 Å². The van der Waals surface area contributed by atoms with Gasteiger partial charge in [0.2, 0.25) is 0 Å². The molecule has 0 radical (unpaired) electrons. The first kappa shape index (κ1) is 11.3. The van der Waals surface area contributed by atoms with Crippen molar-refractivity contribution >= 4 is 15.9 Å². The Morgan fingerprint density at radius 2 is 1.44 bits per heavy atom. The molecule has 0 saturated heterocycles. The van der Waals surface area contributed by atoms with Crippen LogP contribution in [0, 0.1) is 0 Å². The smallest absolute Gasteiger partial charge is 0.134 e. The van der Waals surface area contributed by atoms with E-state index in [1.165, 1.54) is 11.1 Å². The number of furan rings is 1. The summed E-state index contributed by atoms with van der Waals surface area (Å²) < 4.78 is 6.58. The van der Waals surface area contributed by atoms with Crippen LogP contribution in [0.2, 0.25) is 0 Å². The first-order valence-corrected chi connectivity index (χ1v) is 6.53. The molecule has 0 aliphatic rings. The summed E-state index contributed by atoms with van der Waals surface area (Å²) in [5, 5.41) is 0. The Bertz CT molecular complexity index is 639. The van der Waals surface area contributed by atoms with E-state index >= 15 is 0 Å². The highest BCUT2D eigenvalue weighted by molar-refractivity contribution is 9.10. The molecule has 3 rings (SSSR count). The zero-order valence-electron chi connectivity index (χ0n) is 9.64. The minimum atomic E-state index is 0.897. The van der Waals surface area contributed by atoms with Crippen molar-refractivity contribution in [1.82, 2.24) is 0 Å². The van der Waals surface area contributed by atoms with E-state index in [4.69, 9.17) is 4.42 Å². The Hall–Kier alpha value is -1.80. The summed E-state index contributed by atoms with van der Waals surface area (Å²) in [5.74, 6) is 0.897. The van der Waals surface area contributed by atoms with Crippen LogP contribution in [-0.4, -0.2) is 0 Å². The van der Waals surface area contributed by atoms with Gasteiger partial charge in [-0.2, -0.15) is 0 Å². The molecule has 0 saturated carbocycles. The summed E-state index contributed by atoms with van der Waals surface area (Å²) in [4.78, 5) is 0. The lowest BCUT2D eigenvalue weighted by atomic mass is 9.98. The van der Waals surface area contributed by atoms with Crippen LogP contribution in [0.5, 0.6) is 0 Å². The maximum absolute atomic E-state index is 5.50. The summed E-state index contributed by atoms with van der Waals surface area (Å²) in [6.07, 6.45) is 1.70. The van der Waals surface area contributed by atoms with Gasteiger partial charge in [0.25, 0.3) is 0 Å². The molecule has 2 aromatic carbocycles. The van der Waals surface area contributed by atoms with Crippen LogP contribution in [0.1, 0.15) is 0 Å². The van der Waals surface area contributed by atoms with Gasteiger partial charge in [0, 0.05) is 10.0 Å². The Kier molecular flexibility index (Phi) is 3.03. The van der Waals surface area contributed by atoms with Gasteiger partial charge in [-0.25, -0.2) is 0 Å². The molecule has 0 aliphatic carbocycles. The fourth-order valence-corrected chi connectivity index (χ4v) is 2.28. The van der Waals surface area contributed by atoms with Crippen molar-refractivity contribution in [1.29, 1.82) is 0 Å². The second-order valence-corrected chi connectivity index (χ2v) is 4.95. The van der Waals surface area contributed by atoms with Gasteiger partial charge in [0.1, 0.15) is 5.76 Å². The predicted octanol–water partition coefficient (Wildman–Crippen LogP) is 5.38. The quantitative estimate of drug-likeness (QED) is 0.619. The second-order valence-electron chi connectivity index (χ2n) is 4.03. The molecule has 1 nitrogen and oxygen atoms in total. The first-order valence-electron chi connectivity index (χ1n) is 5.73. The van der Waals surface area contributed by atoms with Gasteiger partial charge >= 0.3 is 0 Å². The SMILES string of the molecule is Brc1ccc(-c2ccccc2-c2ccco2)cc1. The average molecular weight is 299 g/mol. The Morgan fingerprint density at radius 1 is 0.722 bits per heavy atom. The van der Waals surface area contributed by atoms with Crippen LogP contribution < -0.4 is 0 Å². The molecule has 1 heterocycles. The fraction of sp³-hybridized carbons (Fsp3) is 0. The summed E-state index contributed by atoms with van der Waals surface area (Å²) in [6.45, 7) is 0. The van der Waals surface area contributed by atoms with E-state index in [0.29, 0.717) is 0 Å². The van der Waals surface area contributed by atoms with E-state index in [0.717, 1.165) is 15.8 Å². The molecular weight excluding hydrogens is 288 g/mol. The van der Waals surface area contributed by atoms with Crippen LogP contribution >= 0.6 is 15.9 Å². The largest absolute Gasteiger partial charge is 0.464 e. The van der Waals surface area contributed by atoms with Gasteiger partial charge in [-0.05, 0) is 35.4 Å². The zero-order chi connectivity index (χ0) is 12.4. The van der Waals surface area contributed by atoms with Crippen LogP contribution in [0.4, 0.5) is 0 Å². The molecule has 0 unspecified atom stereocenters. The fourth-order valence-electron chi connectivity index (χ4n) is 2.01.